The van der Waals surface area contributed by atoms with Crippen molar-refractivity contribution in [3.05, 3.63) is 68.7 Å². The molecular weight excluding hydrogens is 296 g/mol. The Hall–Kier alpha value is -2.60. The molecule has 0 saturated heterocycles. The number of nitro benzene ring substituents is 1. The average molecular weight is 307 g/mol. The lowest BCUT2D eigenvalue weighted by molar-refractivity contribution is -0.385. The van der Waals surface area contributed by atoms with Gasteiger partial charge in [-0.05, 0) is 17.7 Å². The van der Waals surface area contributed by atoms with Crippen LogP contribution in [0.15, 0.2) is 42.5 Å². The first-order valence-electron chi connectivity index (χ1n) is 5.98. The molecule has 108 valence electrons. The summed E-state index contributed by atoms with van der Waals surface area (Å²) in [5, 5.41) is 23.5. The first-order chi connectivity index (χ1) is 10.0. The molecule has 2 aromatic rings. The normalized spacial score (nSPS) is 10.1. The summed E-state index contributed by atoms with van der Waals surface area (Å²) in [4.78, 5) is 22.0. The quantitative estimate of drug-likeness (QED) is 0.671. The van der Waals surface area contributed by atoms with Crippen molar-refractivity contribution in [1.29, 1.82) is 0 Å². The molecular formula is C14H11ClN2O4. The Morgan fingerprint density at radius 1 is 1.24 bits per heavy atom. The maximum atomic E-state index is 12.0. The third-order valence-electron chi connectivity index (χ3n) is 2.85. The molecule has 0 bridgehead atoms. The van der Waals surface area contributed by atoms with E-state index in [0.717, 1.165) is 6.07 Å². The van der Waals surface area contributed by atoms with E-state index in [9.17, 15) is 20.0 Å². The Labute approximate surface area is 125 Å². The fourth-order valence-corrected chi connectivity index (χ4v) is 1.98. The molecule has 0 spiro atoms. The summed E-state index contributed by atoms with van der Waals surface area (Å²) in [5.41, 5.74) is 0.0362. The minimum Gasteiger partial charge on any atom is -0.502 e. The lowest BCUT2D eigenvalue weighted by Crippen LogP contribution is -2.23. The highest BCUT2D eigenvalue weighted by Gasteiger charge is 2.20. The van der Waals surface area contributed by atoms with Crippen LogP contribution in [0.25, 0.3) is 0 Å². The fourth-order valence-electron chi connectivity index (χ4n) is 1.77. The molecule has 2 N–H and O–H groups in total. The van der Waals surface area contributed by atoms with Crippen LogP contribution in [0, 0.1) is 10.1 Å². The number of phenolic OH excluding ortho intramolecular Hbond substituents is 1. The zero-order valence-corrected chi connectivity index (χ0v) is 11.5. The number of phenols is 1. The number of rotatable bonds is 4. The first kappa shape index (κ1) is 14.8. The number of hydrogen-bond donors (Lipinski definition) is 2. The summed E-state index contributed by atoms with van der Waals surface area (Å²) in [6.07, 6.45) is 0. The molecule has 0 saturated carbocycles. The molecule has 1 amide bonds. The second-order valence-corrected chi connectivity index (χ2v) is 4.61. The minimum atomic E-state index is -0.750. The van der Waals surface area contributed by atoms with Gasteiger partial charge in [0.1, 0.15) is 0 Å². The van der Waals surface area contributed by atoms with Gasteiger partial charge in [0.05, 0.1) is 10.5 Å². The maximum absolute atomic E-state index is 12.0. The molecule has 0 aliphatic rings. The standard InChI is InChI=1S/C14H11ClN2O4/c15-11-6-2-1-4-9(11)8-16-14(19)10-5-3-7-12(13(10)18)17(20)21/h1-7,18H,8H2,(H,16,19). The molecule has 2 aromatic carbocycles. The zero-order valence-electron chi connectivity index (χ0n) is 10.7. The van der Waals surface area contributed by atoms with Crippen LogP contribution in [-0.4, -0.2) is 15.9 Å². The van der Waals surface area contributed by atoms with Crippen LogP contribution in [0.3, 0.4) is 0 Å². The van der Waals surface area contributed by atoms with Crippen LogP contribution < -0.4 is 5.32 Å². The molecule has 0 aliphatic carbocycles. The molecule has 0 aromatic heterocycles. The highest BCUT2D eigenvalue weighted by molar-refractivity contribution is 6.31. The van der Waals surface area contributed by atoms with Gasteiger partial charge < -0.3 is 10.4 Å². The highest BCUT2D eigenvalue weighted by atomic mass is 35.5. The molecule has 7 heteroatoms. The molecule has 21 heavy (non-hydrogen) atoms. The maximum Gasteiger partial charge on any atom is 0.311 e. The Morgan fingerprint density at radius 2 is 1.95 bits per heavy atom. The zero-order chi connectivity index (χ0) is 15.4. The van der Waals surface area contributed by atoms with Crippen LogP contribution in [0.4, 0.5) is 5.69 Å². The second-order valence-electron chi connectivity index (χ2n) is 4.20. The second kappa shape index (κ2) is 6.23. The van der Waals surface area contributed by atoms with Gasteiger partial charge in [0, 0.05) is 17.6 Å². The van der Waals surface area contributed by atoms with Crippen molar-refractivity contribution in [3.8, 4) is 5.75 Å². The van der Waals surface area contributed by atoms with Gasteiger partial charge in [0.25, 0.3) is 5.91 Å². The Bertz CT molecular complexity index is 703. The number of nitrogens with zero attached hydrogens (tertiary/aromatic N) is 1. The Kier molecular flexibility index (Phi) is 4.39. The number of para-hydroxylation sites is 1. The number of halogens is 1. The molecule has 0 unspecified atom stereocenters. The molecule has 0 heterocycles. The van der Waals surface area contributed by atoms with Crippen LogP contribution in [0.5, 0.6) is 5.75 Å². The predicted molar refractivity (Wildman–Crippen MR) is 77.4 cm³/mol. The molecule has 6 nitrogen and oxygen atoms in total. The van der Waals surface area contributed by atoms with Gasteiger partial charge in [-0.25, -0.2) is 0 Å². The van der Waals surface area contributed by atoms with E-state index in [1.807, 2.05) is 0 Å². The lowest BCUT2D eigenvalue weighted by Gasteiger charge is -2.08. The number of amides is 1. The minimum absolute atomic E-state index is 0.153. The monoisotopic (exact) mass is 306 g/mol. The number of hydrogen-bond acceptors (Lipinski definition) is 4. The Morgan fingerprint density at radius 3 is 2.62 bits per heavy atom. The van der Waals surface area contributed by atoms with Gasteiger partial charge in [0.2, 0.25) is 5.75 Å². The van der Waals surface area contributed by atoms with Crippen molar-refractivity contribution in [2.45, 2.75) is 6.54 Å². The van der Waals surface area contributed by atoms with Crippen LogP contribution in [-0.2, 0) is 6.54 Å². The summed E-state index contributed by atoms with van der Waals surface area (Å²) in [5.74, 6) is -1.27. The predicted octanol–water partition coefficient (Wildman–Crippen LogP) is 2.88. The summed E-state index contributed by atoms with van der Waals surface area (Å²) < 4.78 is 0. The van der Waals surface area contributed by atoms with E-state index in [2.05, 4.69) is 5.32 Å². The van der Waals surface area contributed by atoms with Crippen LogP contribution in [0.2, 0.25) is 5.02 Å². The number of aromatic hydroxyl groups is 1. The summed E-state index contributed by atoms with van der Waals surface area (Å²) in [6, 6.07) is 10.7. The number of nitro groups is 1. The molecule has 2 rings (SSSR count). The van der Waals surface area contributed by atoms with E-state index in [-0.39, 0.29) is 12.1 Å². The van der Waals surface area contributed by atoms with Crippen LogP contribution >= 0.6 is 11.6 Å². The SMILES string of the molecule is O=C(NCc1ccccc1Cl)c1cccc([N+](=O)[O-])c1O. The van der Waals surface area contributed by atoms with Gasteiger partial charge in [0.15, 0.2) is 0 Å². The highest BCUT2D eigenvalue weighted by Crippen LogP contribution is 2.29. The van der Waals surface area contributed by atoms with E-state index in [0.29, 0.717) is 10.6 Å². The van der Waals surface area contributed by atoms with E-state index in [4.69, 9.17) is 11.6 Å². The van der Waals surface area contributed by atoms with Gasteiger partial charge in [-0.1, -0.05) is 35.9 Å². The number of carbonyl (C=O) groups is 1. The summed E-state index contributed by atoms with van der Waals surface area (Å²) in [7, 11) is 0. The number of carbonyl (C=O) groups excluding carboxylic acids is 1. The van der Waals surface area contributed by atoms with E-state index in [1.54, 1.807) is 24.3 Å². The van der Waals surface area contributed by atoms with Crippen molar-refractivity contribution < 1.29 is 14.8 Å². The average Bonchev–Trinajstić information content (AvgIpc) is 2.46. The summed E-state index contributed by atoms with van der Waals surface area (Å²) >= 11 is 5.96. The van der Waals surface area contributed by atoms with Crippen molar-refractivity contribution in [2.24, 2.45) is 0 Å². The largest absolute Gasteiger partial charge is 0.502 e. The van der Waals surface area contributed by atoms with E-state index >= 15 is 0 Å². The van der Waals surface area contributed by atoms with Crippen molar-refractivity contribution in [3.63, 3.8) is 0 Å². The first-order valence-corrected chi connectivity index (χ1v) is 6.36. The third kappa shape index (κ3) is 3.29. The third-order valence-corrected chi connectivity index (χ3v) is 3.22. The van der Waals surface area contributed by atoms with Crippen LogP contribution in [0.1, 0.15) is 15.9 Å². The van der Waals surface area contributed by atoms with E-state index < -0.39 is 22.3 Å². The Balaban J connectivity index is 2.16. The summed E-state index contributed by atoms with van der Waals surface area (Å²) in [6.45, 7) is 0.153. The van der Waals surface area contributed by atoms with E-state index in [1.165, 1.54) is 12.1 Å². The van der Waals surface area contributed by atoms with Gasteiger partial charge in [-0.2, -0.15) is 0 Å². The molecule has 0 atom stereocenters. The van der Waals surface area contributed by atoms with Crippen molar-refractivity contribution >= 4 is 23.2 Å². The number of benzene rings is 2. The molecule has 0 fully saturated rings. The topological polar surface area (TPSA) is 92.5 Å². The smallest absolute Gasteiger partial charge is 0.311 e. The van der Waals surface area contributed by atoms with Crippen molar-refractivity contribution in [2.75, 3.05) is 0 Å². The number of nitrogens with one attached hydrogen (secondary N) is 1. The van der Waals surface area contributed by atoms with Gasteiger partial charge in [-0.15, -0.1) is 0 Å². The fraction of sp³-hybridized carbons (Fsp3) is 0.0714. The molecule has 0 aliphatic heterocycles. The lowest BCUT2D eigenvalue weighted by atomic mass is 10.1. The molecule has 0 radical (unpaired) electrons. The van der Waals surface area contributed by atoms with Gasteiger partial charge in [-0.3, -0.25) is 14.9 Å². The van der Waals surface area contributed by atoms with Crippen molar-refractivity contribution in [1.82, 2.24) is 5.32 Å². The van der Waals surface area contributed by atoms with Gasteiger partial charge >= 0.3 is 5.69 Å².